The van der Waals surface area contributed by atoms with E-state index >= 15 is 0 Å². The number of benzene rings is 2. The number of nitrogens with one attached hydrogen (secondary N) is 1. The van der Waals surface area contributed by atoms with Crippen LogP contribution in [0, 0.1) is 3.57 Å². The van der Waals surface area contributed by atoms with Crippen molar-refractivity contribution in [2.24, 2.45) is 5.10 Å². The SMILES string of the molecule is C=CCOc1c(I)cc(/C=N/NC(=O)c2ccc(OCCC)cc2)cc1OC. The van der Waals surface area contributed by atoms with Crippen LogP contribution in [0.1, 0.15) is 29.3 Å². The maximum atomic E-state index is 12.2. The number of rotatable bonds is 10. The molecule has 1 N–H and O–H groups in total. The molecule has 0 heterocycles. The zero-order valence-electron chi connectivity index (χ0n) is 15.9. The molecule has 0 aliphatic rings. The van der Waals surface area contributed by atoms with Crippen LogP contribution in [0.25, 0.3) is 0 Å². The van der Waals surface area contributed by atoms with Gasteiger partial charge >= 0.3 is 0 Å². The summed E-state index contributed by atoms with van der Waals surface area (Å²) in [5, 5.41) is 4.03. The number of amides is 1. The minimum atomic E-state index is -0.300. The average Bonchev–Trinajstić information content (AvgIpc) is 2.71. The van der Waals surface area contributed by atoms with Crippen molar-refractivity contribution in [2.45, 2.75) is 13.3 Å². The van der Waals surface area contributed by atoms with Gasteiger partial charge in [0.2, 0.25) is 0 Å². The Balaban J connectivity index is 2.02. The molecule has 2 rings (SSSR count). The third kappa shape index (κ3) is 6.26. The Hall–Kier alpha value is -2.55. The highest BCUT2D eigenvalue weighted by Gasteiger charge is 2.11. The van der Waals surface area contributed by atoms with Crippen LogP contribution in [0.3, 0.4) is 0 Å². The average molecular weight is 494 g/mol. The Morgan fingerprint density at radius 1 is 1.25 bits per heavy atom. The maximum Gasteiger partial charge on any atom is 0.271 e. The molecule has 0 aliphatic carbocycles. The molecule has 7 heteroatoms. The zero-order chi connectivity index (χ0) is 20.4. The highest BCUT2D eigenvalue weighted by atomic mass is 127. The standard InChI is InChI=1S/C21H23IN2O4/c1-4-10-27-17-8-6-16(7-9-17)21(25)24-23-14-15-12-18(22)20(28-11-5-2)19(13-15)26-3/h5-9,12-14H,2,4,10-11H2,1,3H3,(H,24,25)/b23-14+. The first-order chi connectivity index (χ1) is 13.6. The molecule has 0 saturated carbocycles. The molecule has 28 heavy (non-hydrogen) atoms. The van der Waals surface area contributed by atoms with Gasteiger partial charge in [0.15, 0.2) is 11.5 Å². The predicted octanol–water partition coefficient (Wildman–Crippen LogP) is 4.42. The van der Waals surface area contributed by atoms with Crippen LogP contribution in [0.5, 0.6) is 17.2 Å². The van der Waals surface area contributed by atoms with E-state index in [0.29, 0.717) is 30.3 Å². The Kier molecular flexibility index (Phi) is 8.80. The van der Waals surface area contributed by atoms with Crippen LogP contribution in [0.2, 0.25) is 0 Å². The minimum Gasteiger partial charge on any atom is -0.494 e. The van der Waals surface area contributed by atoms with Gasteiger partial charge in [-0.25, -0.2) is 5.43 Å². The number of nitrogens with zero attached hydrogens (tertiary/aromatic N) is 1. The summed E-state index contributed by atoms with van der Waals surface area (Å²) in [6, 6.07) is 10.6. The van der Waals surface area contributed by atoms with Crippen molar-refractivity contribution in [1.29, 1.82) is 0 Å². The molecule has 6 nitrogen and oxygen atoms in total. The molecular formula is C21H23IN2O4. The Morgan fingerprint density at radius 2 is 2.00 bits per heavy atom. The van der Waals surface area contributed by atoms with Crippen LogP contribution < -0.4 is 19.6 Å². The van der Waals surface area contributed by atoms with E-state index in [9.17, 15) is 4.79 Å². The topological polar surface area (TPSA) is 69.2 Å². The summed E-state index contributed by atoms with van der Waals surface area (Å²) in [4.78, 5) is 12.2. The van der Waals surface area contributed by atoms with Gasteiger partial charge in [-0.15, -0.1) is 0 Å². The monoisotopic (exact) mass is 494 g/mol. The third-order valence-electron chi connectivity index (χ3n) is 3.57. The van der Waals surface area contributed by atoms with Gasteiger partial charge in [-0.05, 0) is 71.0 Å². The molecular weight excluding hydrogens is 471 g/mol. The van der Waals surface area contributed by atoms with Gasteiger partial charge in [-0.3, -0.25) is 4.79 Å². The van der Waals surface area contributed by atoms with Gasteiger partial charge in [0, 0.05) is 5.56 Å². The molecule has 2 aromatic carbocycles. The summed E-state index contributed by atoms with van der Waals surface area (Å²) in [6.45, 7) is 6.72. The molecule has 1 amide bonds. The van der Waals surface area contributed by atoms with Crippen molar-refractivity contribution in [3.8, 4) is 17.2 Å². The normalized spacial score (nSPS) is 10.5. The molecule has 0 radical (unpaired) electrons. The highest BCUT2D eigenvalue weighted by Crippen LogP contribution is 2.33. The van der Waals surface area contributed by atoms with Crippen LogP contribution >= 0.6 is 22.6 Å². The van der Waals surface area contributed by atoms with E-state index in [1.54, 1.807) is 49.7 Å². The second kappa shape index (κ2) is 11.3. The van der Waals surface area contributed by atoms with Crippen LogP contribution in [0.15, 0.2) is 54.2 Å². The Morgan fingerprint density at radius 3 is 2.64 bits per heavy atom. The van der Waals surface area contributed by atoms with Crippen molar-refractivity contribution >= 4 is 34.7 Å². The van der Waals surface area contributed by atoms with Crippen LogP contribution in [-0.4, -0.2) is 32.4 Å². The van der Waals surface area contributed by atoms with Gasteiger partial charge in [0.25, 0.3) is 5.91 Å². The zero-order valence-corrected chi connectivity index (χ0v) is 18.1. The lowest BCUT2D eigenvalue weighted by Crippen LogP contribution is -2.17. The molecule has 0 aliphatic heterocycles. The van der Waals surface area contributed by atoms with Crippen molar-refractivity contribution in [3.63, 3.8) is 0 Å². The van der Waals surface area contributed by atoms with E-state index < -0.39 is 0 Å². The molecule has 0 fully saturated rings. The summed E-state index contributed by atoms with van der Waals surface area (Å²) >= 11 is 2.16. The second-order valence-corrected chi connectivity index (χ2v) is 6.87. The number of hydrogen-bond donors (Lipinski definition) is 1. The molecule has 0 aromatic heterocycles. The van der Waals surface area contributed by atoms with Crippen LogP contribution in [-0.2, 0) is 0 Å². The fourth-order valence-electron chi connectivity index (χ4n) is 2.25. The third-order valence-corrected chi connectivity index (χ3v) is 4.37. The first kappa shape index (κ1) is 21.7. The van der Waals surface area contributed by atoms with E-state index in [-0.39, 0.29) is 5.91 Å². The number of methoxy groups -OCH3 is 1. The van der Waals surface area contributed by atoms with Crippen molar-refractivity contribution in [1.82, 2.24) is 5.43 Å². The molecule has 0 bridgehead atoms. The smallest absolute Gasteiger partial charge is 0.271 e. The maximum absolute atomic E-state index is 12.2. The van der Waals surface area contributed by atoms with E-state index in [1.807, 2.05) is 13.0 Å². The largest absolute Gasteiger partial charge is 0.494 e. The lowest BCUT2D eigenvalue weighted by Gasteiger charge is -2.12. The molecule has 0 unspecified atom stereocenters. The lowest BCUT2D eigenvalue weighted by molar-refractivity contribution is 0.0955. The van der Waals surface area contributed by atoms with E-state index in [0.717, 1.165) is 21.3 Å². The number of carbonyl (C=O) groups is 1. The van der Waals surface area contributed by atoms with E-state index in [1.165, 1.54) is 0 Å². The van der Waals surface area contributed by atoms with Gasteiger partial charge in [-0.2, -0.15) is 5.10 Å². The number of halogens is 1. The van der Waals surface area contributed by atoms with Crippen LogP contribution in [0.4, 0.5) is 0 Å². The number of hydrazone groups is 1. The summed E-state index contributed by atoms with van der Waals surface area (Å²) in [5.41, 5.74) is 3.79. The summed E-state index contributed by atoms with van der Waals surface area (Å²) in [6.07, 6.45) is 4.16. The van der Waals surface area contributed by atoms with Gasteiger partial charge in [0.1, 0.15) is 12.4 Å². The number of carbonyl (C=O) groups excluding carboxylic acids is 1. The lowest BCUT2D eigenvalue weighted by atomic mass is 10.2. The van der Waals surface area contributed by atoms with Gasteiger partial charge in [0.05, 0.1) is 23.5 Å². The Labute approximate surface area is 178 Å². The highest BCUT2D eigenvalue weighted by molar-refractivity contribution is 14.1. The summed E-state index contributed by atoms with van der Waals surface area (Å²) in [7, 11) is 1.57. The Bertz CT molecular complexity index is 835. The van der Waals surface area contributed by atoms with Crippen molar-refractivity contribution < 1.29 is 19.0 Å². The fourth-order valence-corrected chi connectivity index (χ4v) is 3.03. The quantitative estimate of drug-likeness (QED) is 0.230. The number of ether oxygens (including phenoxy) is 3. The predicted molar refractivity (Wildman–Crippen MR) is 119 cm³/mol. The summed E-state index contributed by atoms with van der Waals surface area (Å²) in [5.74, 6) is 1.67. The fraction of sp³-hybridized carbons (Fsp3) is 0.238. The van der Waals surface area contributed by atoms with E-state index in [4.69, 9.17) is 14.2 Å². The first-order valence-electron chi connectivity index (χ1n) is 8.76. The molecule has 2 aromatic rings. The van der Waals surface area contributed by atoms with Gasteiger partial charge < -0.3 is 14.2 Å². The number of hydrogen-bond acceptors (Lipinski definition) is 5. The first-order valence-corrected chi connectivity index (χ1v) is 9.84. The molecule has 0 spiro atoms. The van der Waals surface area contributed by atoms with Crippen molar-refractivity contribution in [2.75, 3.05) is 20.3 Å². The van der Waals surface area contributed by atoms with Gasteiger partial charge in [-0.1, -0.05) is 19.6 Å². The minimum absolute atomic E-state index is 0.300. The van der Waals surface area contributed by atoms with Crippen molar-refractivity contribution in [3.05, 3.63) is 63.8 Å². The molecule has 148 valence electrons. The molecule has 0 saturated heterocycles. The second-order valence-electron chi connectivity index (χ2n) is 5.71. The summed E-state index contributed by atoms with van der Waals surface area (Å²) < 4.78 is 17.4. The molecule has 0 atom stereocenters. The van der Waals surface area contributed by atoms with E-state index in [2.05, 4.69) is 39.7 Å².